The highest BCUT2D eigenvalue weighted by Crippen LogP contribution is 2.11. The number of nitrogens with one attached hydrogen (secondary N) is 1. The van der Waals surface area contributed by atoms with Gasteiger partial charge >= 0.3 is 0 Å². The summed E-state index contributed by atoms with van der Waals surface area (Å²) >= 11 is 0. The van der Waals surface area contributed by atoms with E-state index in [1.165, 1.54) is 141 Å². The molecule has 0 rings (SSSR count). The summed E-state index contributed by atoms with van der Waals surface area (Å²) in [6.45, 7) is 8.85. The van der Waals surface area contributed by atoms with Gasteiger partial charge in [-0.05, 0) is 30.0 Å². The van der Waals surface area contributed by atoms with E-state index in [4.69, 9.17) is 42.9 Å². The monoisotopic (exact) mass is 829 g/mol. The molecule has 0 radical (unpaired) electrons. The molecule has 0 heterocycles. The summed E-state index contributed by atoms with van der Waals surface area (Å²) < 4.78 is 37.2. The maximum Gasteiger partial charge on any atom is 0.167 e. The molecule has 0 saturated carbocycles. The molecular formula is C40H80N2O15. The number of nitrogens with zero attached hydrogens (tertiary/aromatic N) is 1. The van der Waals surface area contributed by atoms with Gasteiger partial charge in [0.2, 0.25) is 0 Å². The minimum Gasteiger partial charge on any atom is -0.498 e. The molecule has 0 bridgehead atoms. The molecule has 17 heteroatoms. The van der Waals surface area contributed by atoms with Crippen molar-refractivity contribution >= 4 is 0 Å². The molecule has 0 aromatic rings. The highest BCUT2D eigenvalue weighted by Gasteiger charge is 2.00. The second-order valence-corrected chi connectivity index (χ2v) is 13.4. The Morgan fingerprint density at radius 1 is 0.421 bits per heavy atom. The van der Waals surface area contributed by atoms with Gasteiger partial charge in [-0.2, -0.15) is 0 Å². The van der Waals surface area contributed by atoms with Crippen LogP contribution in [0.3, 0.4) is 0 Å². The number of likely N-dealkylation sites (N-methyl/N-ethyl adjacent to an activating group) is 1. The lowest BCUT2D eigenvalue weighted by atomic mass is 10.1. The van der Waals surface area contributed by atoms with E-state index in [0.717, 1.165) is 19.4 Å². The second-order valence-electron chi connectivity index (χ2n) is 13.4. The predicted molar refractivity (Wildman–Crippen MR) is 212 cm³/mol. The Morgan fingerprint density at radius 3 is 1.35 bits per heavy atom. The molecule has 57 heavy (non-hydrogen) atoms. The van der Waals surface area contributed by atoms with Crippen LogP contribution in [0.25, 0.3) is 0 Å². The number of hydrogen-bond acceptors (Lipinski definition) is 17. The Hall–Kier alpha value is -1.84. The highest BCUT2D eigenvalue weighted by molar-refractivity contribution is 4.59. The van der Waals surface area contributed by atoms with Gasteiger partial charge in [-0.25, -0.2) is 9.78 Å². The van der Waals surface area contributed by atoms with Crippen LogP contribution >= 0.6 is 0 Å². The van der Waals surface area contributed by atoms with Crippen molar-refractivity contribution in [2.75, 3.05) is 93.6 Å². The molecule has 0 aliphatic rings. The van der Waals surface area contributed by atoms with E-state index in [2.05, 4.69) is 49.1 Å². The molecular weight excluding hydrogens is 748 g/mol. The van der Waals surface area contributed by atoms with Crippen molar-refractivity contribution in [2.45, 2.75) is 142 Å². The quantitative estimate of drug-likeness (QED) is 0.0204. The first kappa shape index (κ1) is 55.2. The SMILES string of the molecule is CCCCCCCCCCCCO/C=C/OOOOCCOCOCNCCN(C)COCOCOCCOOOO/C=C/OCCCCCCCCCCCC. The predicted octanol–water partition coefficient (Wildman–Crippen LogP) is 8.82. The first-order valence-corrected chi connectivity index (χ1v) is 21.4. The Morgan fingerprint density at radius 2 is 0.860 bits per heavy atom. The molecule has 0 amide bonds. The maximum atomic E-state index is 5.44. The number of unbranched alkanes of at least 4 members (excludes halogenated alkanes) is 18. The lowest BCUT2D eigenvalue weighted by Crippen LogP contribution is -2.32. The lowest BCUT2D eigenvalue weighted by molar-refractivity contribution is -0.622. The fourth-order valence-corrected chi connectivity index (χ4v) is 5.02. The van der Waals surface area contributed by atoms with Gasteiger partial charge in [0, 0.05) is 23.2 Å². The molecule has 0 aliphatic heterocycles. The largest absolute Gasteiger partial charge is 0.498 e. The van der Waals surface area contributed by atoms with Crippen LogP contribution in [-0.4, -0.2) is 98.5 Å². The van der Waals surface area contributed by atoms with Crippen molar-refractivity contribution in [3.8, 4) is 0 Å². The molecule has 0 aromatic heterocycles. The van der Waals surface area contributed by atoms with Crippen LogP contribution in [0.15, 0.2) is 25.0 Å². The molecule has 0 aromatic carbocycles. The van der Waals surface area contributed by atoms with Crippen LogP contribution in [0.5, 0.6) is 0 Å². The summed E-state index contributed by atoms with van der Waals surface area (Å²) in [5, 5.41) is 20.8. The lowest BCUT2D eigenvalue weighted by Gasteiger charge is -2.17. The molecule has 0 unspecified atom stereocenters. The molecule has 0 aliphatic carbocycles. The van der Waals surface area contributed by atoms with Gasteiger partial charge < -0.3 is 42.9 Å². The molecule has 0 atom stereocenters. The van der Waals surface area contributed by atoms with E-state index in [9.17, 15) is 0 Å². The molecule has 340 valence electrons. The fraction of sp³-hybridized carbons (Fsp3) is 0.900. The van der Waals surface area contributed by atoms with Crippen molar-refractivity contribution in [3.63, 3.8) is 0 Å². The van der Waals surface area contributed by atoms with E-state index < -0.39 is 0 Å². The average molecular weight is 829 g/mol. The topological polar surface area (TPSA) is 154 Å². The van der Waals surface area contributed by atoms with Gasteiger partial charge in [0.15, 0.2) is 19.3 Å². The van der Waals surface area contributed by atoms with Crippen molar-refractivity contribution in [1.29, 1.82) is 0 Å². The third kappa shape index (κ3) is 52.1. The Kier molecular flexibility index (Phi) is 50.5. The van der Waals surface area contributed by atoms with E-state index >= 15 is 0 Å². The highest BCUT2D eigenvalue weighted by atomic mass is 17.7. The number of ether oxygens (including phenoxy) is 7. The van der Waals surface area contributed by atoms with Crippen LogP contribution in [0.2, 0.25) is 0 Å². The number of rotatable bonds is 51. The minimum absolute atomic E-state index is 0.0405. The van der Waals surface area contributed by atoms with Gasteiger partial charge in [0.25, 0.3) is 0 Å². The summed E-state index contributed by atoms with van der Waals surface area (Å²) in [6, 6.07) is 0. The first-order valence-electron chi connectivity index (χ1n) is 21.4. The summed E-state index contributed by atoms with van der Waals surface area (Å²) in [6.07, 6.45) is 31.0. The summed E-state index contributed by atoms with van der Waals surface area (Å²) in [4.78, 5) is 20.8. The zero-order valence-electron chi connectivity index (χ0n) is 35.7. The van der Waals surface area contributed by atoms with Crippen LogP contribution < -0.4 is 5.32 Å². The van der Waals surface area contributed by atoms with E-state index in [-0.39, 0.29) is 46.8 Å². The van der Waals surface area contributed by atoms with Gasteiger partial charge in [-0.15, -0.1) is 0 Å². The maximum absolute atomic E-state index is 5.44. The van der Waals surface area contributed by atoms with Crippen molar-refractivity contribution in [3.05, 3.63) is 25.0 Å². The first-order chi connectivity index (χ1) is 28.3. The van der Waals surface area contributed by atoms with Crippen LogP contribution in [0, 0.1) is 0 Å². The molecule has 0 saturated heterocycles. The van der Waals surface area contributed by atoms with Crippen LogP contribution in [0.4, 0.5) is 0 Å². The third-order valence-corrected chi connectivity index (χ3v) is 8.18. The smallest absolute Gasteiger partial charge is 0.167 e. The minimum atomic E-state index is 0.0405. The van der Waals surface area contributed by atoms with Crippen LogP contribution in [0.1, 0.15) is 142 Å². The molecule has 17 nitrogen and oxygen atoms in total. The fourth-order valence-electron chi connectivity index (χ4n) is 5.02. The third-order valence-electron chi connectivity index (χ3n) is 8.18. The molecule has 0 spiro atoms. The summed E-state index contributed by atoms with van der Waals surface area (Å²) in [5.74, 6) is 0. The standard InChI is InChI=1S/C40H80N2O15/c1-4-6-8-10-12-14-16-18-20-22-26-43-28-32-50-54-56-52-34-30-45-38-47-36-41-24-25-42(3)37-48-40-49-39-46-31-35-53-57-55-51-33-29-44-27-23-21-19-17-15-13-11-9-7-5-2/h28-29,32-33,41H,4-27,30-31,34-40H2,1-3H3/b32-28+,33-29+. The average Bonchev–Trinajstić information content (AvgIpc) is 3.22. The summed E-state index contributed by atoms with van der Waals surface area (Å²) in [7, 11) is 1.92. The normalized spacial score (nSPS) is 11.8. The van der Waals surface area contributed by atoms with E-state index in [1.807, 2.05) is 11.9 Å². The zero-order chi connectivity index (χ0) is 41.1. The Balaban J connectivity index is 3.20. The van der Waals surface area contributed by atoms with Crippen molar-refractivity contribution in [2.24, 2.45) is 0 Å². The summed E-state index contributed by atoms with van der Waals surface area (Å²) in [5.41, 5.74) is 0. The second kappa shape index (κ2) is 52.2. The van der Waals surface area contributed by atoms with Crippen molar-refractivity contribution < 1.29 is 72.9 Å². The molecule has 0 fully saturated rings. The van der Waals surface area contributed by atoms with Gasteiger partial charge in [0.05, 0.1) is 33.2 Å². The number of hydrogen-bond donors (Lipinski definition) is 1. The van der Waals surface area contributed by atoms with Crippen LogP contribution in [-0.2, 0) is 72.9 Å². The van der Waals surface area contributed by atoms with E-state index in [0.29, 0.717) is 33.2 Å². The zero-order valence-corrected chi connectivity index (χ0v) is 35.7. The molecule has 1 N–H and O–H groups in total. The van der Waals surface area contributed by atoms with Gasteiger partial charge in [0.1, 0.15) is 46.1 Å². The van der Waals surface area contributed by atoms with Crippen molar-refractivity contribution in [1.82, 2.24) is 10.2 Å². The Labute approximate surface area is 343 Å². The van der Waals surface area contributed by atoms with Gasteiger partial charge in [-0.1, -0.05) is 129 Å². The Bertz CT molecular complexity index is 789. The van der Waals surface area contributed by atoms with Gasteiger partial charge in [-0.3, -0.25) is 10.2 Å². The van der Waals surface area contributed by atoms with E-state index in [1.54, 1.807) is 0 Å².